The van der Waals surface area contributed by atoms with Gasteiger partial charge in [0.1, 0.15) is 23.7 Å². The summed E-state index contributed by atoms with van der Waals surface area (Å²) in [4.78, 5) is 49.0. The zero-order valence-electron chi connectivity index (χ0n) is 16.0. The summed E-state index contributed by atoms with van der Waals surface area (Å²) in [7, 11) is 0. The number of urea groups is 2. The molecule has 11 heteroatoms. The highest BCUT2D eigenvalue weighted by molar-refractivity contribution is 6.10. The average molecular weight is 412 g/mol. The number of nitrogens with zero attached hydrogens (tertiary/aromatic N) is 1. The van der Waals surface area contributed by atoms with Crippen LogP contribution in [-0.2, 0) is 19.9 Å². The minimum Gasteiger partial charge on any atom is -0.382 e. The molecule has 1 fully saturated rings. The molecule has 3 N–H and O–H groups in total. The van der Waals surface area contributed by atoms with Crippen LogP contribution in [0.1, 0.15) is 25.8 Å². The molecule has 1 aliphatic heterocycles. The number of nitrogens with one attached hydrogen (secondary N) is 3. The third kappa shape index (κ3) is 5.25. The highest BCUT2D eigenvalue weighted by Gasteiger charge is 2.50. The average Bonchev–Trinajstić information content (AvgIpc) is 2.87. The third-order valence-electron chi connectivity index (χ3n) is 4.25. The number of carbonyl (C=O) groups excluding carboxylic acids is 4. The molecule has 0 unspecified atom stereocenters. The molecule has 0 saturated carbocycles. The Labute approximate surface area is 165 Å². The molecule has 29 heavy (non-hydrogen) atoms. The number of carbonyl (C=O) groups is 4. The topological polar surface area (TPSA) is 117 Å². The Bertz CT molecular complexity index is 819. The summed E-state index contributed by atoms with van der Waals surface area (Å²) in [5, 5.41) is 6.68. The van der Waals surface area contributed by atoms with Crippen LogP contribution in [0.3, 0.4) is 0 Å². The third-order valence-corrected chi connectivity index (χ3v) is 4.25. The fourth-order valence-electron chi connectivity index (χ4n) is 2.78. The summed E-state index contributed by atoms with van der Waals surface area (Å²) >= 11 is 0. The highest BCUT2D eigenvalue weighted by atomic mass is 19.1. The Hall–Kier alpha value is -3.08. The largest absolute Gasteiger partial charge is 0.382 e. The van der Waals surface area contributed by atoms with E-state index in [1.54, 1.807) is 0 Å². The quantitative estimate of drug-likeness (QED) is 0.435. The van der Waals surface area contributed by atoms with E-state index in [9.17, 15) is 28.0 Å². The molecular weight excluding hydrogens is 390 g/mol. The number of rotatable bonds is 8. The Morgan fingerprint density at radius 2 is 2.00 bits per heavy atom. The van der Waals surface area contributed by atoms with Gasteiger partial charge in [-0.25, -0.2) is 18.4 Å². The number of amides is 6. The van der Waals surface area contributed by atoms with E-state index < -0.39 is 47.6 Å². The summed E-state index contributed by atoms with van der Waals surface area (Å²) in [6.07, 6.45) is 0.542. The van der Waals surface area contributed by atoms with Gasteiger partial charge in [-0.05, 0) is 38.5 Å². The first-order valence-electron chi connectivity index (χ1n) is 8.94. The number of imide groups is 2. The van der Waals surface area contributed by atoms with E-state index in [-0.39, 0.29) is 12.1 Å². The molecule has 158 valence electrons. The fraction of sp³-hybridized carbons (Fsp3) is 0.444. The van der Waals surface area contributed by atoms with Crippen molar-refractivity contribution in [1.82, 2.24) is 20.9 Å². The lowest BCUT2D eigenvalue weighted by Gasteiger charge is -2.22. The van der Waals surface area contributed by atoms with Crippen molar-refractivity contribution in [3.05, 3.63) is 35.4 Å². The lowest BCUT2D eigenvalue weighted by molar-refractivity contribution is -0.134. The van der Waals surface area contributed by atoms with E-state index in [1.165, 1.54) is 6.92 Å². The van der Waals surface area contributed by atoms with Gasteiger partial charge in [0.15, 0.2) is 0 Å². The zero-order valence-corrected chi connectivity index (χ0v) is 16.0. The predicted octanol–water partition coefficient (Wildman–Crippen LogP) is 0.984. The van der Waals surface area contributed by atoms with Gasteiger partial charge in [0, 0.05) is 25.3 Å². The summed E-state index contributed by atoms with van der Waals surface area (Å²) < 4.78 is 32.7. The maximum Gasteiger partial charge on any atom is 0.325 e. The van der Waals surface area contributed by atoms with E-state index in [4.69, 9.17) is 4.74 Å². The van der Waals surface area contributed by atoms with E-state index in [0.717, 1.165) is 18.2 Å². The second kappa shape index (κ2) is 9.41. The van der Waals surface area contributed by atoms with Gasteiger partial charge in [-0.15, -0.1) is 0 Å². The van der Waals surface area contributed by atoms with E-state index >= 15 is 0 Å². The summed E-state index contributed by atoms with van der Waals surface area (Å²) in [5.41, 5.74) is -2.25. The fourth-order valence-corrected chi connectivity index (χ4v) is 2.78. The van der Waals surface area contributed by atoms with Crippen LogP contribution in [0, 0.1) is 11.6 Å². The first-order chi connectivity index (χ1) is 13.7. The Morgan fingerprint density at radius 3 is 2.69 bits per heavy atom. The molecule has 1 saturated heterocycles. The van der Waals surface area contributed by atoms with Crippen LogP contribution in [0.15, 0.2) is 18.2 Å². The van der Waals surface area contributed by atoms with Crippen molar-refractivity contribution < 1.29 is 32.7 Å². The van der Waals surface area contributed by atoms with Gasteiger partial charge in [0.2, 0.25) is 5.91 Å². The highest BCUT2D eigenvalue weighted by Crippen LogP contribution is 2.31. The molecular formula is C18H22F2N4O5. The minimum absolute atomic E-state index is 0.263. The van der Waals surface area contributed by atoms with Crippen molar-refractivity contribution in [2.75, 3.05) is 26.3 Å². The van der Waals surface area contributed by atoms with Gasteiger partial charge in [-0.3, -0.25) is 19.8 Å². The normalized spacial score (nSPS) is 18.6. The standard InChI is InChI=1S/C18H22F2N4O5/c1-3-29-8-4-7-21-16(27)22-14(25)10-24-15(26)18(2,23-17(24)28)12-9-11(19)5-6-13(12)20/h5-6,9H,3-4,7-8,10H2,1-2H3,(H,23,28)(H2,21,22,25,27)/t18-/m0/s1. The van der Waals surface area contributed by atoms with Crippen molar-refractivity contribution in [3.8, 4) is 0 Å². The van der Waals surface area contributed by atoms with Crippen LogP contribution in [0.2, 0.25) is 0 Å². The van der Waals surface area contributed by atoms with Gasteiger partial charge >= 0.3 is 12.1 Å². The molecule has 0 bridgehead atoms. The van der Waals surface area contributed by atoms with Gasteiger partial charge in [0.25, 0.3) is 5.91 Å². The molecule has 0 aliphatic carbocycles. The Kier molecular flexibility index (Phi) is 7.21. The first kappa shape index (κ1) is 22.2. The minimum atomic E-state index is -1.88. The zero-order chi connectivity index (χ0) is 21.6. The summed E-state index contributed by atoms with van der Waals surface area (Å²) in [5.74, 6) is -3.54. The van der Waals surface area contributed by atoms with Crippen LogP contribution in [-0.4, -0.2) is 55.1 Å². The summed E-state index contributed by atoms with van der Waals surface area (Å²) in [6, 6.07) is 0.751. The van der Waals surface area contributed by atoms with Crippen molar-refractivity contribution >= 4 is 23.9 Å². The van der Waals surface area contributed by atoms with Crippen molar-refractivity contribution in [2.24, 2.45) is 0 Å². The Morgan fingerprint density at radius 1 is 1.28 bits per heavy atom. The van der Waals surface area contributed by atoms with Crippen molar-refractivity contribution in [3.63, 3.8) is 0 Å². The molecule has 2 rings (SSSR count). The number of hydrogen-bond donors (Lipinski definition) is 3. The smallest absolute Gasteiger partial charge is 0.325 e. The van der Waals surface area contributed by atoms with E-state index in [1.807, 2.05) is 12.2 Å². The van der Waals surface area contributed by atoms with E-state index in [2.05, 4.69) is 10.6 Å². The number of hydrogen-bond acceptors (Lipinski definition) is 5. The molecule has 0 aromatic heterocycles. The second-order valence-corrected chi connectivity index (χ2v) is 6.43. The van der Waals surface area contributed by atoms with Crippen molar-refractivity contribution in [2.45, 2.75) is 25.8 Å². The van der Waals surface area contributed by atoms with Crippen LogP contribution in [0.5, 0.6) is 0 Å². The molecule has 1 heterocycles. The molecule has 9 nitrogen and oxygen atoms in total. The molecule has 6 amide bonds. The second-order valence-electron chi connectivity index (χ2n) is 6.43. The van der Waals surface area contributed by atoms with Gasteiger partial charge < -0.3 is 15.4 Å². The summed E-state index contributed by atoms with van der Waals surface area (Å²) in [6.45, 7) is 3.54. The number of benzene rings is 1. The van der Waals surface area contributed by atoms with Gasteiger partial charge in [-0.2, -0.15) is 0 Å². The lowest BCUT2D eigenvalue weighted by Crippen LogP contribution is -2.47. The van der Waals surface area contributed by atoms with Crippen LogP contribution >= 0.6 is 0 Å². The number of halogens is 2. The molecule has 1 aliphatic rings. The van der Waals surface area contributed by atoms with Gasteiger partial charge in [0.05, 0.1) is 0 Å². The predicted molar refractivity (Wildman–Crippen MR) is 96.6 cm³/mol. The maximum absolute atomic E-state index is 14.1. The lowest BCUT2D eigenvalue weighted by atomic mass is 9.91. The van der Waals surface area contributed by atoms with E-state index in [0.29, 0.717) is 24.5 Å². The first-order valence-corrected chi connectivity index (χ1v) is 8.94. The SMILES string of the molecule is CCOCCCNC(=O)NC(=O)CN1C(=O)N[C@@](C)(c2cc(F)ccc2F)C1=O. The van der Waals surface area contributed by atoms with Crippen molar-refractivity contribution in [1.29, 1.82) is 0 Å². The monoisotopic (exact) mass is 412 g/mol. The van der Waals surface area contributed by atoms with Crippen LogP contribution in [0.4, 0.5) is 18.4 Å². The Balaban J connectivity index is 1.97. The van der Waals surface area contributed by atoms with Crippen LogP contribution < -0.4 is 16.0 Å². The molecule has 1 aromatic carbocycles. The molecule has 0 radical (unpaired) electrons. The maximum atomic E-state index is 14.1. The number of ether oxygens (including phenoxy) is 1. The molecule has 1 aromatic rings. The molecule has 0 spiro atoms. The van der Waals surface area contributed by atoms with Gasteiger partial charge in [-0.1, -0.05) is 0 Å². The molecule has 1 atom stereocenters. The van der Waals surface area contributed by atoms with Crippen LogP contribution in [0.25, 0.3) is 0 Å².